The van der Waals surface area contributed by atoms with Crippen molar-refractivity contribution in [3.63, 3.8) is 0 Å². The van der Waals surface area contributed by atoms with Gasteiger partial charge in [-0.2, -0.15) is 0 Å². The lowest BCUT2D eigenvalue weighted by Crippen LogP contribution is -2.35. The van der Waals surface area contributed by atoms with Gasteiger partial charge in [0.25, 0.3) is 11.6 Å². The molecule has 0 aliphatic carbocycles. The minimum Gasteiger partial charge on any atom is -0.338 e. The molecule has 0 unspecified atom stereocenters. The van der Waals surface area contributed by atoms with Crippen molar-refractivity contribution >= 4 is 34.5 Å². The number of nitro groups is 1. The number of rotatable bonds is 2. The Kier molecular flexibility index (Phi) is 3.63. The Labute approximate surface area is 107 Å². The van der Waals surface area contributed by atoms with E-state index < -0.39 is 4.92 Å². The van der Waals surface area contributed by atoms with E-state index in [1.807, 2.05) is 0 Å². The number of carbonyl (C=O) groups excluding carboxylic acids is 1. The van der Waals surface area contributed by atoms with Crippen molar-refractivity contribution in [2.45, 2.75) is 19.3 Å². The van der Waals surface area contributed by atoms with Crippen molar-refractivity contribution in [1.82, 2.24) is 4.90 Å². The molecule has 7 heteroatoms. The molecule has 0 spiro atoms. The van der Waals surface area contributed by atoms with E-state index in [0.29, 0.717) is 4.88 Å². The Morgan fingerprint density at radius 2 is 2.06 bits per heavy atom. The summed E-state index contributed by atoms with van der Waals surface area (Å²) in [5.74, 6) is -0.148. The van der Waals surface area contributed by atoms with Crippen LogP contribution in [0.2, 0.25) is 4.34 Å². The first kappa shape index (κ1) is 12.3. The topological polar surface area (TPSA) is 63.4 Å². The average Bonchev–Trinajstić information content (AvgIpc) is 2.71. The van der Waals surface area contributed by atoms with Gasteiger partial charge in [-0.25, -0.2) is 0 Å². The molecule has 1 amide bonds. The Bertz CT molecular complexity index is 454. The third kappa shape index (κ3) is 2.58. The number of carbonyl (C=O) groups is 1. The number of halogens is 1. The summed E-state index contributed by atoms with van der Waals surface area (Å²) in [7, 11) is 0. The fourth-order valence-corrected chi connectivity index (χ4v) is 3.03. The number of thiophene rings is 1. The summed E-state index contributed by atoms with van der Waals surface area (Å²) in [5, 5.41) is 10.6. The van der Waals surface area contributed by atoms with E-state index in [1.54, 1.807) is 4.90 Å². The molecule has 1 aromatic rings. The summed E-state index contributed by atoms with van der Waals surface area (Å²) in [6.07, 6.45) is 3.12. The van der Waals surface area contributed by atoms with Crippen molar-refractivity contribution in [2.24, 2.45) is 0 Å². The van der Waals surface area contributed by atoms with Gasteiger partial charge in [0.05, 0.1) is 4.92 Å². The largest absolute Gasteiger partial charge is 0.338 e. The highest BCUT2D eigenvalue weighted by molar-refractivity contribution is 7.18. The molecule has 1 fully saturated rings. The molecule has 2 rings (SSSR count). The van der Waals surface area contributed by atoms with Gasteiger partial charge >= 0.3 is 0 Å². The molecule has 0 aromatic carbocycles. The van der Waals surface area contributed by atoms with E-state index in [-0.39, 0.29) is 15.9 Å². The number of amides is 1. The van der Waals surface area contributed by atoms with Gasteiger partial charge in [-0.1, -0.05) is 11.6 Å². The molecule has 0 saturated carbocycles. The van der Waals surface area contributed by atoms with Gasteiger partial charge in [0.1, 0.15) is 4.88 Å². The molecule has 1 aliphatic heterocycles. The van der Waals surface area contributed by atoms with Gasteiger partial charge in [0, 0.05) is 19.2 Å². The molecule has 1 aliphatic rings. The van der Waals surface area contributed by atoms with Crippen LogP contribution in [0.1, 0.15) is 28.9 Å². The van der Waals surface area contributed by atoms with Gasteiger partial charge in [-0.3, -0.25) is 14.9 Å². The van der Waals surface area contributed by atoms with Crippen molar-refractivity contribution < 1.29 is 9.72 Å². The van der Waals surface area contributed by atoms with Crippen molar-refractivity contribution in [1.29, 1.82) is 0 Å². The maximum absolute atomic E-state index is 12.0. The van der Waals surface area contributed by atoms with E-state index in [2.05, 4.69) is 0 Å². The summed E-state index contributed by atoms with van der Waals surface area (Å²) >= 11 is 6.71. The summed E-state index contributed by atoms with van der Waals surface area (Å²) < 4.78 is 0.0651. The zero-order chi connectivity index (χ0) is 12.4. The molecule has 0 N–H and O–H groups in total. The summed E-state index contributed by atoms with van der Waals surface area (Å²) in [6, 6.07) is 1.27. The summed E-state index contributed by atoms with van der Waals surface area (Å²) in [6.45, 7) is 1.45. The highest BCUT2D eigenvalue weighted by Crippen LogP contribution is 2.34. The Balaban J connectivity index is 2.19. The second-order valence-electron chi connectivity index (χ2n) is 3.88. The van der Waals surface area contributed by atoms with Crippen LogP contribution in [0.3, 0.4) is 0 Å². The van der Waals surface area contributed by atoms with E-state index >= 15 is 0 Å². The molecule has 0 bridgehead atoms. The van der Waals surface area contributed by atoms with Crippen molar-refractivity contribution in [3.8, 4) is 0 Å². The van der Waals surface area contributed by atoms with Gasteiger partial charge in [0.15, 0.2) is 4.34 Å². The van der Waals surface area contributed by atoms with Gasteiger partial charge in [0.2, 0.25) is 0 Å². The van der Waals surface area contributed by atoms with Crippen LogP contribution in [0, 0.1) is 10.1 Å². The van der Waals surface area contributed by atoms with Crippen molar-refractivity contribution in [2.75, 3.05) is 13.1 Å². The van der Waals surface area contributed by atoms with Crippen LogP contribution in [0.15, 0.2) is 6.07 Å². The second kappa shape index (κ2) is 5.01. The number of hydrogen-bond acceptors (Lipinski definition) is 4. The normalized spacial score (nSPS) is 15.9. The molecule has 0 atom stereocenters. The lowest BCUT2D eigenvalue weighted by atomic mass is 10.1. The predicted octanol–water partition coefficient (Wildman–Crippen LogP) is 2.94. The maximum atomic E-state index is 12.0. The average molecular weight is 275 g/mol. The molecule has 1 saturated heterocycles. The predicted molar refractivity (Wildman–Crippen MR) is 65.7 cm³/mol. The van der Waals surface area contributed by atoms with Crippen LogP contribution >= 0.6 is 22.9 Å². The highest BCUT2D eigenvalue weighted by atomic mass is 35.5. The maximum Gasteiger partial charge on any atom is 0.299 e. The van der Waals surface area contributed by atoms with Crippen LogP contribution in [0.5, 0.6) is 0 Å². The lowest BCUT2D eigenvalue weighted by Gasteiger charge is -2.25. The second-order valence-corrected chi connectivity index (χ2v) is 5.53. The van der Waals surface area contributed by atoms with Crippen LogP contribution < -0.4 is 0 Å². The van der Waals surface area contributed by atoms with Crippen LogP contribution in [0.25, 0.3) is 0 Å². The third-order valence-corrected chi connectivity index (χ3v) is 4.05. The van der Waals surface area contributed by atoms with Gasteiger partial charge in [-0.15, -0.1) is 11.3 Å². The Morgan fingerprint density at radius 3 is 2.59 bits per heavy atom. The zero-order valence-electron chi connectivity index (χ0n) is 9.02. The first-order chi connectivity index (χ1) is 8.09. The molecule has 17 heavy (non-hydrogen) atoms. The summed E-state index contributed by atoms with van der Waals surface area (Å²) in [4.78, 5) is 24.2. The van der Waals surface area contributed by atoms with E-state index in [0.717, 1.165) is 43.7 Å². The molecule has 5 nitrogen and oxygen atoms in total. The Hall–Kier alpha value is -1.14. The molecule has 1 aromatic heterocycles. The Morgan fingerprint density at radius 1 is 1.41 bits per heavy atom. The minimum atomic E-state index is -0.564. The zero-order valence-corrected chi connectivity index (χ0v) is 10.6. The SMILES string of the molecule is O=C(c1cc([N+](=O)[O-])c(Cl)s1)N1CCCCC1. The van der Waals surface area contributed by atoms with Gasteiger partial charge < -0.3 is 4.90 Å². The van der Waals surface area contributed by atoms with E-state index in [1.165, 1.54) is 6.07 Å². The summed E-state index contributed by atoms with van der Waals surface area (Å²) in [5.41, 5.74) is -0.183. The number of likely N-dealkylation sites (tertiary alicyclic amines) is 1. The molecular formula is C10H11ClN2O3S. The molecule has 92 valence electrons. The number of nitrogens with zero attached hydrogens (tertiary/aromatic N) is 2. The molecule has 0 radical (unpaired) electrons. The van der Waals surface area contributed by atoms with Crippen LogP contribution in [0.4, 0.5) is 5.69 Å². The third-order valence-electron chi connectivity index (χ3n) is 2.72. The minimum absolute atomic E-state index is 0.0651. The monoisotopic (exact) mass is 274 g/mol. The lowest BCUT2D eigenvalue weighted by molar-refractivity contribution is -0.384. The first-order valence-corrected chi connectivity index (χ1v) is 6.52. The molecular weight excluding hydrogens is 264 g/mol. The van der Waals surface area contributed by atoms with E-state index in [4.69, 9.17) is 11.6 Å². The molecule has 2 heterocycles. The fourth-order valence-electron chi connectivity index (χ4n) is 1.84. The first-order valence-electron chi connectivity index (χ1n) is 5.32. The highest BCUT2D eigenvalue weighted by Gasteiger charge is 2.25. The van der Waals surface area contributed by atoms with E-state index in [9.17, 15) is 14.9 Å². The number of hydrogen-bond donors (Lipinski definition) is 0. The van der Waals surface area contributed by atoms with Crippen LogP contribution in [-0.4, -0.2) is 28.8 Å². The van der Waals surface area contributed by atoms with Gasteiger partial charge in [-0.05, 0) is 19.3 Å². The quantitative estimate of drug-likeness (QED) is 0.615. The number of piperidine rings is 1. The fraction of sp³-hybridized carbons (Fsp3) is 0.500. The van der Waals surface area contributed by atoms with Crippen molar-refractivity contribution in [3.05, 3.63) is 25.4 Å². The van der Waals surface area contributed by atoms with Crippen LogP contribution in [-0.2, 0) is 0 Å². The smallest absolute Gasteiger partial charge is 0.299 e. The standard InChI is InChI=1S/C10H11ClN2O3S/c11-9-7(13(15)16)6-8(17-9)10(14)12-4-2-1-3-5-12/h6H,1-5H2.